The maximum Gasteiger partial charge on any atom is 0.263 e. The second kappa shape index (κ2) is 8.37. The van der Waals surface area contributed by atoms with E-state index in [1.54, 1.807) is 0 Å². The van der Waals surface area contributed by atoms with E-state index < -0.39 is 6.10 Å². The van der Waals surface area contributed by atoms with E-state index in [9.17, 15) is 4.79 Å². The van der Waals surface area contributed by atoms with Crippen molar-refractivity contribution >= 4 is 5.91 Å². The summed E-state index contributed by atoms with van der Waals surface area (Å²) in [4.78, 5) is 16.2. The van der Waals surface area contributed by atoms with E-state index in [4.69, 9.17) is 4.74 Å². The van der Waals surface area contributed by atoms with Crippen LogP contribution in [0, 0.1) is 13.8 Å². The summed E-state index contributed by atoms with van der Waals surface area (Å²) in [5.41, 5.74) is 3.66. The van der Waals surface area contributed by atoms with Gasteiger partial charge in [-0.05, 0) is 44.0 Å². The average Bonchev–Trinajstić information content (AvgIpc) is 2.62. The van der Waals surface area contributed by atoms with Crippen LogP contribution < -0.4 is 9.64 Å². The molecule has 4 nitrogen and oxygen atoms in total. The molecule has 0 unspecified atom stereocenters. The van der Waals surface area contributed by atoms with E-state index in [0.29, 0.717) is 0 Å². The van der Waals surface area contributed by atoms with Gasteiger partial charge in [-0.1, -0.05) is 36.4 Å². The minimum atomic E-state index is -0.452. The lowest BCUT2D eigenvalue weighted by Crippen LogP contribution is -3.13. The zero-order valence-corrected chi connectivity index (χ0v) is 16.0. The molecule has 1 saturated heterocycles. The van der Waals surface area contributed by atoms with Gasteiger partial charge in [-0.3, -0.25) is 4.79 Å². The summed E-state index contributed by atoms with van der Waals surface area (Å²) in [7, 11) is 0. The molecule has 1 fully saturated rings. The summed E-state index contributed by atoms with van der Waals surface area (Å²) in [5.74, 6) is 0.861. The Morgan fingerprint density at radius 2 is 1.69 bits per heavy atom. The summed E-state index contributed by atoms with van der Waals surface area (Å²) < 4.78 is 5.92. The number of hydrogen-bond acceptors (Lipinski definition) is 2. The molecule has 0 spiro atoms. The number of carbonyl (C=O) groups excluding carboxylic acids is 1. The maximum atomic E-state index is 12.7. The highest BCUT2D eigenvalue weighted by atomic mass is 16.5. The van der Waals surface area contributed by atoms with Crippen molar-refractivity contribution in [3.05, 3.63) is 65.2 Å². The fraction of sp³-hybridized carbons (Fsp3) is 0.409. The molecule has 0 aromatic heterocycles. The molecule has 4 heteroatoms. The molecule has 1 atom stereocenters. The quantitative estimate of drug-likeness (QED) is 0.892. The van der Waals surface area contributed by atoms with Gasteiger partial charge in [-0.25, -0.2) is 0 Å². The first-order chi connectivity index (χ1) is 12.5. The van der Waals surface area contributed by atoms with Gasteiger partial charge >= 0.3 is 0 Å². The number of ether oxygens (including phenoxy) is 1. The van der Waals surface area contributed by atoms with E-state index in [1.807, 2.05) is 43.9 Å². The second-order valence-electron chi connectivity index (χ2n) is 7.32. The van der Waals surface area contributed by atoms with Gasteiger partial charge in [-0.2, -0.15) is 0 Å². The van der Waals surface area contributed by atoms with Crippen molar-refractivity contribution in [2.45, 2.75) is 33.4 Å². The number of amides is 1. The normalized spacial score (nSPS) is 16.3. The summed E-state index contributed by atoms with van der Waals surface area (Å²) in [5, 5.41) is 0. The zero-order chi connectivity index (χ0) is 18.5. The lowest BCUT2D eigenvalue weighted by molar-refractivity contribution is -0.917. The van der Waals surface area contributed by atoms with Crippen molar-refractivity contribution < 1.29 is 14.4 Å². The topological polar surface area (TPSA) is 34.0 Å². The van der Waals surface area contributed by atoms with Crippen molar-refractivity contribution in [1.82, 2.24) is 4.90 Å². The summed E-state index contributed by atoms with van der Waals surface area (Å²) in [6, 6.07) is 16.6. The van der Waals surface area contributed by atoms with E-state index in [1.165, 1.54) is 10.5 Å². The second-order valence-corrected chi connectivity index (χ2v) is 7.32. The van der Waals surface area contributed by atoms with Crippen LogP contribution in [0.15, 0.2) is 48.5 Å². The molecule has 0 radical (unpaired) electrons. The standard InChI is InChI=1S/C22H28N2O2/c1-17-13-18(2)15-21(14-17)26-19(3)22(25)24-11-9-23(10-12-24)16-20-7-5-4-6-8-20/h4-8,13-15,19H,9-12,16H2,1-3H3/p+1/t19-/m1/s1. The lowest BCUT2D eigenvalue weighted by atomic mass is 10.1. The molecule has 1 heterocycles. The van der Waals surface area contributed by atoms with Crippen LogP contribution in [-0.4, -0.2) is 43.1 Å². The summed E-state index contributed by atoms with van der Waals surface area (Å²) in [6.07, 6.45) is -0.452. The minimum absolute atomic E-state index is 0.0860. The molecule has 3 rings (SSSR count). The van der Waals surface area contributed by atoms with Gasteiger partial charge in [0, 0.05) is 5.56 Å². The molecule has 1 amide bonds. The molecular formula is C22H29N2O2+. The highest BCUT2D eigenvalue weighted by Gasteiger charge is 2.28. The van der Waals surface area contributed by atoms with Crippen LogP contribution in [0.3, 0.4) is 0 Å². The Morgan fingerprint density at radius 3 is 2.31 bits per heavy atom. The van der Waals surface area contributed by atoms with Gasteiger partial charge < -0.3 is 14.5 Å². The Morgan fingerprint density at radius 1 is 1.08 bits per heavy atom. The van der Waals surface area contributed by atoms with Gasteiger partial charge in [0.15, 0.2) is 6.10 Å². The number of hydrogen-bond donors (Lipinski definition) is 1. The molecule has 0 bridgehead atoms. The fourth-order valence-corrected chi connectivity index (χ4v) is 3.62. The number of quaternary nitrogens is 1. The summed E-state index contributed by atoms with van der Waals surface area (Å²) >= 11 is 0. The van der Waals surface area contributed by atoms with Crippen LogP contribution in [0.4, 0.5) is 0 Å². The number of benzene rings is 2. The predicted molar refractivity (Wildman–Crippen MR) is 103 cm³/mol. The van der Waals surface area contributed by atoms with E-state index in [2.05, 4.69) is 30.3 Å². The molecule has 1 N–H and O–H groups in total. The SMILES string of the molecule is Cc1cc(C)cc(O[C@H](C)C(=O)N2CC[NH+](Cc3ccccc3)CC2)c1. The Balaban J connectivity index is 1.51. The first-order valence-corrected chi connectivity index (χ1v) is 9.42. The van der Waals surface area contributed by atoms with Crippen LogP contribution in [0.5, 0.6) is 5.75 Å². The van der Waals surface area contributed by atoms with Crippen molar-refractivity contribution in [2.75, 3.05) is 26.2 Å². The molecular weight excluding hydrogens is 324 g/mol. The van der Waals surface area contributed by atoms with Crippen LogP contribution in [0.2, 0.25) is 0 Å². The first kappa shape index (κ1) is 18.5. The number of aryl methyl sites for hydroxylation is 2. The largest absolute Gasteiger partial charge is 0.481 e. The van der Waals surface area contributed by atoms with Gasteiger partial charge in [0.1, 0.15) is 12.3 Å². The van der Waals surface area contributed by atoms with Gasteiger partial charge in [-0.15, -0.1) is 0 Å². The number of rotatable bonds is 5. The van der Waals surface area contributed by atoms with Gasteiger partial charge in [0.25, 0.3) is 5.91 Å². The third kappa shape index (κ3) is 4.85. The van der Waals surface area contributed by atoms with Crippen molar-refractivity contribution in [3.8, 4) is 5.75 Å². The minimum Gasteiger partial charge on any atom is -0.481 e. The van der Waals surface area contributed by atoms with Gasteiger partial charge in [0.2, 0.25) is 0 Å². The summed E-state index contributed by atoms with van der Waals surface area (Å²) in [6.45, 7) is 10.5. The van der Waals surface area contributed by atoms with E-state index in [-0.39, 0.29) is 5.91 Å². The molecule has 2 aromatic rings. The first-order valence-electron chi connectivity index (χ1n) is 9.42. The van der Waals surface area contributed by atoms with Crippen molar-refractivity contribution in [2.24, 2.45) is 0 Å². The molecule has 138 valence electrons. The third-order valence-electron chi connectivity index (χ3n) is 4.93. The highest BCUT2D eigenvalue weighted by molar-refractivity contribution is 5.81. The smallest absolute Gasteiger partial charge is 0.263 e. The van der Waals surface area contributed by atoms with Crippen molar-refractivity contribution in [3.63, 3.8) is 0 Å². The number of nitrogens with zero attached hydrogens (tertiary/aromatic N) is 1. The Kier molecular flexibility index (Phi) is 5.94. The van der Waals surface area contributed by atoms with Crippen LogP contribution in [0.25, 0.3) is 0 Å². The predicted octanol–water partition coefficient (Wildman–Crippen LogP) is 2.00. The Bertz CT molecular complexity index is 717. The number of nitrogens with one attached hydrogen (secondary N) is 1. The fourth-order valence-electron chi connectivity index (χ4n) is 3.62. The molecule has 0 saturated carbocycles. The zero-order valence-electron chi connectivity index (χ0n) is 16.0. The molecule has 0 aliphatic carbocycles. The van der Waals surface area contributed by atoms with Gasteiger partial charge in [0.05, 0.1) is 26.2 Å². The average molecular weight is 353 g/mol. The van der Waals surface area contributed by atoms with Crippen LogP contribution >= 0.6 is 0 Å². The Hall–Kier alpha value is -2.33. The van der Waals surface area contributed by atoms with E-state index in [0.717, 1.165) is 49.6 Å². The highest BCUT2D eigenvalue weighted by Crippen LogP contribution is 2.18. The Labute approximate surface area is 156 Å². The maximum absolute atomic E-state index is 12.7. The van der Waals surface area contributed by atoms with Crippen LogP contribution in [-0.2, 0) is 11.3 Å². The van der Waals surface area contributed by atoms with Crippen LogP contribution in [0.1, 0.15) is 23.6 Å². The molecule has 1 aliphatic heterocycles. The molecule has 1 aliphatic rings. The molecule has 2 aromatic carbocycles. The number of carbonyl (C=O) groups is 1. The lowest BCUT2D eigenvalue weighted by Gasteiger charge is -2.33. The van der Waals surface area contributed by atoms with E-state index >= 15 is 0 Å². The third-order valence-corrected chi connectivity index (χ3v) is 4.93. The molecule has 26 heavy (non-hydrogen) atoms. The number of piperazine rings is 1. The monoisotopic (exact) mass is 353 g/mol. The van der Waals surface area contributed by atoms with Crippen molar-refractivity contribution in [1.29, 1.82) is 0 Å².